The molecule has 1 aliphatic heterocycles. The van der Waals surface area contributed by atoms with E-state index < -0.39 is 0 Å². The number of carbonyl (C=O) groups excluding carboxylic acids is 1. The van der Waals surface area contributed by atoms with E-state index in [0.717, 1.165) is 0 Å². The van der Waals surface area contributed by atoms with Gasteiger partial charge in [-0.25, -0.2) is 0 Å². The highest BCUT2D eigenvalue weighted by molar-refractivity contribution is 6.30. The molecule has 1 heterocycles. The number of likely N-dealkylation sites (tertiary alicyclic amines) is 1. The molecule has 2 rings (SSSR count). The summed E-state index contributed by atoms with van der Waals surface area (Å²) < 4.78 is 12.2. The lowest BCUT2D eigenvalue weighted by atomic mass is 10.0. The molecule has 1 aromatic rings. The second-order valence-electron chi connectivity index (χ2n) is 3.74. The van der Waals surface area contributed by atoms with E-state index in [1.165, 1.54) is 0 Å². The molecule has 0 N–H and O–H groups in total. The van der Waals surface area contributed by atoms with Crippen LogP contribution in [0, 0.1) is 5.92 Å². The molecule has 80 valence electrons. The third kappa shape index (κ3) is 2.12. The van der Waals surface area contributed by atoms with Gasteiger partial charge < -0.3 is 4.90 Å². The highest BCUT2D eigenvalue weighted by Gasteiger charge is 2.30. The SMILES string of the molecule is O=C(c1ccc(Cl)cc1)N1CC(CF)C1. The fraction of sp³-hybridized carbons (Fsp3) is 0.364. The molecule has 2 nitrogen and oxygen atoms in total. The van der Waals surface area contributed by atoms with Crippen molar-refractivity contribution in [2.24, 2.45) is 5.92 Å². The predicted octanol–water partition coefficient (Wildman–Crippen LogP) is 2.38. The van der Waals surface area contributed by atoms with E-state index in [1.807, 2.05) is 0 Å². The van der Waals surface area contributed by atoms with E-state index >= 15 is 0 Å². The largest absolute Gasteiger partial charge is 0.338 e. The van der Waals surface area contributed by atoms with Crippen molar-refractivity contribution in [3.05, 3.63) is 34.9 Å². The van der Waals surface area contributed by atoms with Crippen LogP contribution in [0.5, 0.6) is 0 Å². The molecule has 1 saturated heterocycles. The minimum absolute atomic E-state index is 0.0289. The molecule has 1 amide bonds. The maximum atomic E-state index is 12.2. The van der Waals surface area contributed by atoms with Gasteiger partial charge in [0.2, 0.25) is 0 Å². The van der Waals surface area contributed by atoms with Crippen LogP contribution in [-0.2, 0) is 0 Å². The van der Waals surface area contributed by atoms with Crippen LogP contribution in [0.25, 0.3) is 0 Å². The fourth-order valence-electron chi connectivity index (χ4n) is 1.61. The number of carbonyl (C=O) groups is 1. The highest BCUT2D eigenvalue weighted by atomic mass is 35.5. The zero-order valence-corrected chi connectivity index (χ0v) is 8.88. The Hall–Kier alpha value is -1.09. The number of alkyl halides is 1. The first-order valence-corrected chi connectivity index (χ1v) is 5.19. The molecule has 0 atom stereocenters. The summed E-state index contributed by atoms with van der Waals surface area (Å²) in [4.78, 5) is 13.4. The quantitative estimate of drug-likeness (QED) is 0.760. The van der Waals surface area contributed by atoms with E-state index in [4.69, 9.17) is 11.6 Å². The lowest BCUT2D eigenvalue weighted by Gasteiger charge is -2.37. The van der Waals surface area contributed by atoms with Crippen molar-refractivity contribution in [3.8, 4) is 0 Å². The molecular weight excluding hydrogens is 217 g/mol. The van der Waals surface area contributed by atoms with Crippen LogP contribution in [0.1, 0.15) is 10.4 Å². The van der Waals surface area contributed by atoms with Gasteiger partial charge in [0.25, 0.3) is 5.91 Å². The average molecular weight is 228 g/mol. The molecule has 1 aliphatic rings. The Kier molecular flexibility index (Phi) is 2.91. The Morgan fingerprint density at radius 2 is 2.00 bits per heavy atom. The summed E-state index contributed by atoms with van der Waals surface area (Å²) in [5.41, 5.74) is 0.608. The molecule has 0 spiro atoms. The molecule has 15 heavy (non-hydrogen) atoms. The summed E-state index contributed by atoms with van der Waals surface area (Å²) in [7, 11) is 0. The van der Waals surface area contributed by atoms with Gasteiger partial charge in [0.15, 0.2) is 0 Å². The van der Waals surface area contributed by atoms with Crippen molar-refractivity contribution in [1.29, 1.82) is 0 Å². The van der Waals surface area contributed by atoms with Crippen molar-refractivity contribution >= 4 is 17.5 Å². The van der Waals surface area contributed by atoms with E-state index in [-0.39, 0.29) is 18.5 Å². The summed E-state index contributed by atoms with van der Waals surface area (Å²) in [6.07, 6.45) is 0. The molecule has 1 aromatic carbocycles. The Morgan fingerprint density at radius 3 is 2.53 bits per heavy atom. The smallest absolute Gasteiger partial charge is 0.253 e. The number of hydrogen-bond acceptors (Lipinski definition) is 1. The molecule has 0 aromatic heterocycles. The van der Waals surface area contributed by atoms with Crippen LogP contribution < -0.4 is 0 Å². The Morgan fingerprint density at radius 1 is 1.40 bits per heavy atom. The Balaban J connectivity index is 2.00. The monoisotopic (exact) mass is 227 g/mol. The van der Waals surface area contributed by atoms with Crippen molar-refractivity contribution in [2.75, 3.05) is 19.8 Å². The van der Waals surface area contributed by atoms with Crippen LogP contribution in [0.3, 0.4) is 0 Å². The molecule has 1 fully saturated rings. The molecular formula is C11H11ClFNO. The maximum Gasteiger partial charge on any atom is 0.253 e. The fourth-order valence-corrected chi connectivity index (χ4v) is 1.73. The van der Waals surface area contributed by atoms with Crippen molar-refractivity contribution in [1.82, 2.24) is 4.90 Å². The standard InChI is InChI=1S/C11H11ClFNO/c12-10-3-1-9(2-4-10)11(15)14-6-8(5-13)7-14/h1-4,8H,5-7H2. The average Bonchev–Trinajstić information content (AvgIpc) is 2.17. The van der Waals surface area contributed by atoms with Gasteiger partial charge in [0.1, 0.15) is 0 Å². The minimum atomic E-state index is -0.343. The van der Waals surface area contributed by atoms with Crippen LogP contribution in [0.4, 0.5) is 4.39 Å². The zero-order valence-electron chi connectivity index (χ0n) is 8.12. The lowest BCUT2D eigenvalue weighted by molar-refractivity contribution is 0.0453. The minimum Gasteiger partial charge on any atom is -0.338 e. The number of benzene rings is 1. The van der Waals surface area contributed by atoms with Gasteiger partial charge >= 0.3 is 0 Å². The third-order valence-electron chi connectivity index (χ3n) is 2.55. The van der Waals surface area contributed by atoms with Crippen molar-refractivity contribution < 1.29 is 9.18 Å². The van der Waals surface area contributed by atoms with Crippen LogP contribution >= 0.6 is 11.6 Å². The van der Waals surface area contributed by atoms with E-state index in [0.29, 0.717) is 23.7 Å². The lowest BCUT2D eigenvalue weighted by Crippen LogP contribution is -2.50. The molecule has 0 aliphatic carbocycles. The van der Waals surface area contributed by atoms with Gasteiger partial charge in [-0.05, 0) is 24.3 Å². The highest BCUT2D eigenvalue weighted by Crippen LogP contribution is 2.19. The number of rotatable bonds is 2. The number of hydrogen-bond donors (Lipinski definition) is 0. The summed E-state index contributed by atoms with van der Waals surface area (Å²) >= 11 is 5.71. The number of nitrogens with zero attached hydrogens (tertiary/aromatic N) is 1. The van der Waals surface area contributed by atoms with Gasteiger partial charge in [0, 0.05) is 29.6 Å². The molecule has 0 radical (unpaired) electrons. The topological polar surface area (TPSA) is 20.3 Å². The summed E-state index contributed by atoms with van der Waals surface area (Å²) in [6, 6.07) is 6.74. The summed E-state index contributed by atoms with van der Waals surface area (Å²) in [5, 5.41) is 0.608. The molecule has 0 bridgehead atoms. The van der Waals surface area contributed by atoms with Crippen LogP contribution in [0.2, 0.25) is 5.02 Å². The first kappa shape index (κ1) is 10.4. The summed E-state index contributed by atoms with van der Waals surface area (Å²) in [6.45, 7) is 0.709. The first-order chi connectivity index (χ1) is 7.20. The van der Waals surface area contributed by atoms with Gasteiger partial charge in [-0.1, -0.05) is 11.6 Å². The first-order valence-electron chi connectivity index (χ1n) is 4.81. The van der Waals surface area contributed by atoms with E-state index in [1.54, 1.807) is 29.2 Å². The van der Waals surface area contributed by atoms with Crippen LogP contribution in [-0.4, -0.2) is 30.6 Å². The van der Waals surface area contributed by atoms with Crippen molar-refractivity contribution in [3.63, 3.8) is 0 Å². The van der Waals surface area contributed by atoms with Gasteiger partial charge in [-0.15, -0.1) is 0 Å². The van der Waals surface area contributed by atoms with E-state index in [2.05, 4.69) is 0 Å². The second kappa shape index (κ2) is 4.19. The predicted molar refractivity (Wildman–Crippen MR) is 56.8 cm³/mol. The number of amides is 1. The Labute approximate surface area is 92.6 Å². The molecule has 0 saturated carbocycles. The zero-order chi connectivity index (χ0) is 10.8. The second-order valence-corrected chi connectivity index (χ2v) is 4.17. The summed E-state index contributed by atoms with van der Waals surface area (Å²) in [5.74, 6) is -0.0161. The van der Waals surface area contributed by atoms with Crippen molar-refractivity contribution in [2.45, 2.75) is 0 Å². The van der Waals surface area contributed by atoms with Gasteiger partial charge in [0.05, 0.1) is 6.67 Å². The van der Waals surface area contributed by atoms with E-state index in [9.17, 15) is 9.18 Å². The molecule has 4 heteroatoms. The van der Waals surface area contributed by atoms with Gasteiger partial charge in [-0.3, -0.25) is 9.18 Å². The molecule has 0 unspecified atom stereocenters. The normalized spacial score (nSPS) is 16.3. The Bertz CT molecular complexity index is 359. The maximum absolute atomic E-state index is 12.2. The van der Waals surface area contributed by atoms with Gasteiger partial charge in [-0.2, -0.15) is 0 Å². The third-order valence-corrected chi connectivity index (χ3v) is 2.81. The van der Waals surface area contributed by atoms with Crippen LogP contribution in [0.15, 0.2) is 24.3 Å². The number of halogens is 2.